The number of hydrogen-bond acceptors (Lipinski definition) is 2. The number of ether oxygens (including phenoxy) is 1. The monoisotopic (exact) mass is 187 g/mol. The summed E-state index contributed by atoms with van der Waals surface area (Å²) in [6.45, 7) is 4.76. The van der Waals surface area contributed by atoms with Crippen molar-refractivity contribution in [2.45, 2.75) is 26.2 Å². The van der Waals surface area contributed by atoms with Gasteiger partial charge in [0.15, 0.2) is 0 Å². The SMILES string of the molecule is Cc1cc(C)c2c(c1)OCCC2C#N. The highest BCUT2D eigenvalue weighted by atomic mass is 16.5. The molecule has 0 N–H and O–H groups in total. The van der Waals surface area contributed by atoms with Crippen LogP contribution in [-0.2, 0) is 0 Å². The van der Waals surface area contributed by atoms with Crippen molar-refractivity contribution in [3.8, 4) is 11.8 Å². The Morgan fingerprint density at radius 2 is 2.21 bits per heavy atom. The summed E-state index contributed by atoms with van der Waals surface area (Å²) in [5, 5.41) is 9.03. The van der Waals surface area contributed by atoms with E-state index < -0.39 is 0 Å². The molecule has 1 unspecified atom stereocenters. The highest BCUT2D eigenvalue weighted by Gasteiger charge is 2.23. The van der Waals surface area contributed by atoms with E-state index in [0.29, 0.717) is 6.61 Å². The van der Waals surface area contributed by atoms with E-state index in [1.165, 1.54) is 11.1 Å². The summed E-state index contributed by atoms with van der Waals surface area (Å²) >= 11 is 0. The van der Waals surface area contributed by atoms with Crippen molar-refractivity contribution in [2.24, 2.45) is 0 Å². The van der Waals surface area contributed by atoms with Gasteiger partial charge in [0.2, 0.25) is 0 Å². The summed E-state index contributed by atoms with van der Waals surface area (Å²) in [6.07, 6.45) is 0.813. The van der Waals surface area contributed by atoms with Crippen molar-refractivity contribution < 1.29 is 4.74 Å². The first-order chi connectivity index (χ1) is 6.72. The van der Waals surface area contributed by atoms with E-state index in [9.17, 15) is 0 Å². The van der Waals surface area contributed by atoms with Crippen molar-refractivity contribution >= 4 is 0 Å². The maximum absolute atomic E-state index is 9.03. The van der Waals surface area contributed by atoms with Crippen LogP contribution < -0.4 is 4.74 Å². The standard InChI is InChI=1S/C12H13NO/c1-8-5-9(2)12-10(7-13)3-4-14-11(12)6-8/h5-6,10H,3-4H2,1-2H3. The minimum absolute atomic E-state index is 0.0133. The average Bonchev–Trinajstić information content (AvgIpc) is 2.16. The van der Waals surface area contributed by atoms with Crippen LogP contribution in [0.3, 0.4) is 0 Å². The summed E-state index contributed by atoms with van der Waals surface area (Å²) in [6, 6.07) is 6.47. The van der Waals surface area contributed by atoms with E-state index >= 15 is 0 Å². The van der Waals surface area contributed by atoms with E-state index in [1.54, 1.807) is 0 Å². The van der Waals surface area contributed by atoms with Gasteiger partial charge >= 0.3 is 0 Å². The summed E-state index contributed by atoms with van der Waals surface area (Å²) < 4.78 is 5.57. The topological polar surface area (TPSA) is 33.0 Å². The lowest BCUT2D eigenvalue weighted by atomic mass is 9.90. The number of benzene rings is 1. The van der Waals surface area contributed by atoms with Gasteiger partial charge in [0, 0.05) is 12.0 Å². The highest BCUT2D eigenvalue weighted by molar-refractivity contribution is 5.48. The van der Waals surface area contributed by atoms with Crippen LogP contribution >= 0.6 is 0 Å². The molecule has 1 aromatic carbocycles. The normalized spacial score (nSPS) is 19.4. The van der Waals surface area contributed by atoms with E-state index in [-0.39, 0.29) is 5.92 Å². The molecule has 0 saturated carbocycles. The average molecular weight is 187 g/mol. The first-order valence-corrected chi connectivity index (χ1v) is 4.86. The molecule has 0 bridgehead atoms. The maximum Gasteiger partial charge on any atom is 0.124 e. The Bertz CT molecular complexity index is 404. The van der Waals surface area contributed by atoms with E-state index in [2.05, 4.69) is 12.1 Å². The van der Waals surface area contributed by atoms with Gasteiger partial charge in [-0.2, -0.15) is 5.26 Å². The quantitative estimate of drug-likeness (QED) is 0.625. The second-order valence-electron chi connectivity index (χ2n) is 3.81. The zero-order valence-corrected chi connectivity index (χ0v) is 8.50. The largest absolute Gasteiger partial charge is 0.493 e. The molecule has 0 radical (unpaired) electrons. The number of rotatable bonds is 0. The lowest BCUT2D eigenvalue weighted by Crippen LogP contribution is -2.14. The molecule has 1 heterocycles. The van der Waals surface area contributed by atoms with Gasteiger partial charge in [0.1, 0.15) is 5.75 Å². The zero-order chi connectivity index (χ0) is 10.1. The second-order valence-corrected chi connectivity index (χ2v) is 3.81. The third-order valence-corrected chi connectivity index (χ3v) is 2.66. The molecule has 72 valence electrons. The molecule has 1 aliphatic heterocycles. The van der Waals surface area contributed by atoms with Crippen molar-refractivity contribution in [2.75, 3.05) is 6.61 Å². The van der Waals surface area contributed by atoms with Gasteiger partial charge in [0.25, 0.3) is 0 Å². The van der Waals surface area contributed by atoms with E-state index in [0.717, 1.165) is 17.7 Å². The Kier molecular flexibility index (Phi) is 2.17. The third kappa shape index (κ3) is 1.35. The fraction of sp³-hybridized carbons (Fsp3) is 0.417. The molecule has 2 nitrogen and oxygen atoms in total. The first-order valence-electron chi connectivity index (χ1n) is 4.86. The van der Waals surface area contributed by atoms with Crippen LogP contribution in [0.1, 0.15) is 29.0 Å². The summed E-state index contributed by atoms with van der Waals surface area (Å²) in [5.74, 6) is 0.916. The lowest BCUT2D eigenvalue weighted by molar-refractivity contribution is 0.279. The molecular formula is C12H13NO. The van der Waals surface area contributed by atoms with Crippen molar-refractivity contribution in [3.05, 3.63) is 28.8 Å². The molecule has 1 aliphatic rings. The Morgan fingerprint density at radius 3 is 2.93 bits per heavy atom. The van der Waals surface area contributed by atoms with Crippen LogP contribution in [0.4, 0.5) is 0 Å². The van der Waals surface area contributed by atoms with Crippen LogP contribution in [0.15, 0.2) is 12.1 Å². The Hall–Kier alpha value is -1.49. The molecule has 0 saturated heterocycles. The van der Waals surface area contributed by atoms with Crippen LogP contribution in [0.5, 0.6) is 5.75 Å². The van der Waals surface area contributed by atoms with Crippen LogP contribution in [0, 0.1) is 25.2 Å². The molecular weight excluding hydrogens is 174 g/mol. The van der Waals surface area contributed by atoms with Crippen LogP contribution in [0.25, 0.3) is 0 Å². The van der Waals surface area contributed by atoms with Crippen LogP contribution in [0.2, 0.25) is 0 Å². The molecule has 0 spiro atoms. The fourth-order valence-electron chi connectivity index (χ4n) is 2.07. The van der Waals surface area contributed by atoms with Gasteiger partial charge in [-0.1, -0.05) is 6.07 Å². The Balaban J connectivity index is 2.58. The predicted octanol–water partition coefficient (Wildman–Crippen LogP) is 2.69. The molecule has 2 heteroatoms. The van der Waals surface area contributed by atoms with E-state index in [1.807, 2.05) is 19.9 Å². The van der Waals surface area contributed by atoms with Gasteiger partial charge < -0.3 is 4.74 Å². The number of fused-ring (bicyclic) bond motifs is 1. The fourth-order valence-corrected chi connectivity index (χ4v) is 2.07. The molecule has 1 atom stereocenters. The summed E-state index contributed by atoms with van der Waals surface area (Å²) in [5.41, 5.74) is 3.45. The Labute approximate surface area is 84.1 Å². The Morgan fingerprint density at radius 1 is 1.43 bits per heavy atom. The predicted molar refractivity (Wildman–Crippen MR) is 54.4 cm³/mol. The minimum Gasteiger partial charge on any atom is -0.493 e. The number of nitriles is 1. The smallest absolute Gasteiger partial charge is 0.124 e. The van der Waals surface area contributed by atoms with Crippen LogP contribution in [-0.4, -0.2) is 6.61 Å². The maximum atomic E-state index is 9.03. The summed E-state index contributed by atoms with van der Waals surface area (Å²) in [7, 11) is 0. The summed E-state index contributed by atoms with van der Waals surface area (Å²) in [4.78, 5) is 0. The molecule has 0 fully saturated rings. The van der Waals surface area contributed by atoms with Crippen molar-refractivity contribution in [1.82, 2.24) is 0 Å². The van der Waals surface area contributed by atoms with Crippen molar-refractivity contribution in [3.63, 3.8) is 0 Å². The highest BCUT2D eigenvalue weighted by Crippen LogP contribution is 2.36. The molecule has 0 aromatic heterocycles. The minimum atomic E-state index is 0.0133. The first kappa shape index (κ1) is 9.08. The third-order valence-electron chi connectivity index (χ3n) is 2.66. The van der Waals surface area contributed by atoms with Gasteiger partial charge in [-0.05, 0) is 31.0 Å². The van der Waals surface area contributed by atoms with Gasteiger partial charge in [-0.3, -0.25) is 0 Å². The molecule has 1 aromatic rings. The lowest BCUT2D eigenvalue weighted by Gasteiger charge is -2.23. The molecule has 0 amide bonds. The molecule has 14 heavy (non-hydrogen) atoms. The number of nitrogens with zero attached hydrogens (tertiary/aromatic N) is 1. The number of hydrogen-bond donors (Lipinski definition) is 0. The zero-order valence-electron chi connectivity index (χ0n) is 8.50. The molecule has 0 aliphatic carbocycles. The second kappa shape index (κ2) is 3.34. The molecule has 2 rings (SSSR count). The van der Waals surface area contributed by atoms with E-state index in [4.69, 9.17) is 10.00 Å². The van der Waals surface area contributed by atoms with Gasteiger partial charge in [-0.25, -0.2) is 0 Å². The van der Waals surface area contributed by atoms with Crippen molar-refractivity contribution in [1.29, 1.82) is 5.26 Å². The van der Waals surface area contributed by atoms with Gasteiger partial charge in [-0.15, -0.1) is 0 Å². The number of aryl methyl sites for hydroxylation is 2. The van der Waals surface area contributed by atoms with Gasteiger partial charge in [0.05, 0.1) is 18.6 Å².